The van der Waals surface area contributed by atoms with Crippen LogP contribution in [0.3, 0.4) is 0 Å². The van der Waals surface area contributed by atoms with Crippen molar-refractivity contribution in [3.8, 4) is 0 Å². The van der Waals surface area contributed by atoms with E-state index in [-0.39, 0.29) is 15.4 Å². The summed E-state index contributed by atoms with van der Waals surface area (Å²) in [7, 11) is 0. The lowest BCUT2D eigenvalue weighted by Gasteiger charge is -2.03. The Morgan fingerprint density at radius 3 is 2.50 bits per heavy atom. The summed E-state index contributed by atoms with van der Waals surface area (Å²) in [6.07, 6.45) is 0. The number of hydrogen-bond donors (Lipinski definition) is 0. The van der Waals surface area contributed by atoms with Crippen LogP contribution in [0, 0.1) is 10.1 Å². The lowest BCUT2D eigenvalue weighted by atomic mass is 10.1. The first-order valence-electron chi connectivity index (χ1n) is 3.50. The van der Waals surface area contributed by atoms with Gasteiger partial charge in [0.25, 0.3) is 5.69 Å². The second kappa shape index (κ2) is 3.67. The van der Waals surface area contributed by atoms with Gasteiger partial charge in [-0.2, -0.15) is 0 Å². The van der Waals surface area contributed by atoms with Gasteiger partial charge >= 0.3 is 0 Å². The van der Waals surface area contributed by atoms with Gasteiger partial charge in [-0.05, 0) is 6.92 Å². The SMILES string of the molecule is C[C@H](Br)c1ccccc1[N+](=O)[O-]. The third kappa shape index (κ3) is 1.82. The molecule has 1 rings (SSSR count). The number of nitro groups is 1. The highest BCUT2D eigenvalue weighted by molar-refractivity contribution is 9.09. The minimum atomic E-state index is -0.368. The minimum absolute atomic E-state index is 0.0131. The molecule has 64 valence electrons. The molecule has 0 fully saturated rings. The van der Waals surface area contributed by atoms with Crippen molar-refractivity contribution in [3.05, 3.63) is 39.9 Å². The Hall–Kier alpha value is -0.900. The van der Waals surface area contributed by atoms with Crippen LogP contribution in [0.2, 0.25) is 0 Å². The molecule has 3 nitrogen and oxygen atoms in total. The molecule has 1 aromatic carbocycles. The average molecular weight is 230 g/mol. The number of hydrogen-bond acceptors (Lipinski definition) is 2. The molecule has 12 heavy (non-hydrogen) atoms. The first-order chi connectivity index (χ1) is 5.63. The Bertz CT molecular complexity index is 299. The van der Waals surface area contributed by atoms with Crippen molar-refractivity contribution in [1.29, 1.82) is 0 Å². The van der Waals surface area contributed by atoms with E-state index in [2.05, 4.69) is 15.9 Å². The standard InChI is InChI=1S/C8H8BrNO2/c1-6(9)7-4-2-3-5-8(7)10(11)12/h2-6H,1H3/t6-/m0/s1. The third-order valence-corrected chi connectivity index (χ3v) is 2.06. The van der Waals surface area contributed by atoms with Crippen molar-refractivity contribution in [1.82, 2.24) is 0 Å². The molecule has 1 atom stereocenters. The van der Waals surface area contributed by atoms with Crippen LogP contribution in [0.1, 0.15) is 17.3 Å². The summed E-state index contributed by atoms with van der Waals surface area (Å²) >= 11 is 3.30. The summed E-state index contributed by atoms with van der Waals surface area (Å²) in [6, 6.07) is 6.71. The largest absolute Gasteiger partial charge is 0.273 e. The maximum Gasteiger partial charge on any atom is 0.273 e. The van der Waals surface area contributed by atoms with Gasteiger partial charge in [-0.25, -0.2) is 0 Å². The molecule has 0 saturated carbocycles. The van der Waals surface area contributed by atoms with Crippen molar-refractivity contribution >= 4 is 21.6 Å². The zero-order valence-electron chi connectivity index (χ0n) is 6.53. The molecule has 0 amide bonds. The van der Waals surface area contributed by atoms with E-state index in [9.17, 15) is 10.1 Å². The molecule has 0 N–H and O–H groups in total. The van der Waals surface area contributed by atoms with Gasteiger partial charge in [0, 0.05) is 16.5 Å². The molecule has 0 aliphatic carbocycles. The lowest BCUT2D eigenvalue weighted by Crippen LogP contribution is -1.94. The number of nitrogens with zero attached hydrogens (tertiary/aromatic N) is 1. The fraction of sp³-hybridized carbons (Fsp3) is 0.250. The molecule has 0 radical (unpaired) electrons. The van der Waals surface area contributed by atoms with Gasteiger partial charge < -0.3 is 0 Å². The fourth-order valence-corrected chi connectivity index (χ4v) is 1.38. The van der Waals surface area contributed by atoms with Crippen LogP contribution in [-0.4, -0.2) is 4.92 Å². The molecule has 1 aromatic rings. The number of nitro benzene ring substituents is 1. The molecule has 4 heteroatoms. The van der Waals surface area contributed by atoms with Crippen LogP contribution in [0.4, 0.5) is 5.69 Å². The summed E-state index contributed by atoms with van der Waals surface area (Å²) in [5, 5.41) is 10.5. The van der Waals surface area contributed by atoms with Crippen molar-refractivity contribution in [3.63, 3.8) is 0 Å². The molecule has 0 aliphatic rings. The van der Waals surface area contributed by atoms with E-state index in [1.807, 2.05) is 6.92 Å². The van der Waals surface area contributed by atoms with Crippen LogP contribution >= 0.6 is 15.9 Å². The highest BCUT2D eigenvalue weighted by Gasteiger charge is 2.15. The first-order valence-corrected chi connectivity index (χ1v) is 4.42. The maximum atomic E-state index is 10.5. The number of rotatable bonds is 2. The Balaban J connectivity index is 3.17. The number of halogens is 1. The van der Waals surface area contributed by atoms with Gasteiger partial charge in [-0.15, -0.1) is 0 Å². The van der Waals surface area contributed by atoms with Gasteiger partial charge in [0.2, 0.25) is 0 Å². The minimum Gasteiger partial charge on any atom is -0.258 e. The van der Waals surface area contributed by atoms with Crippen LogP contribution in [0.15, 0.2) is 24.3 Å². The topological polar surface area (TPSA) is 43.1 Å². The maximum absolute atomic E-state index is 10.5. The number of benzene rings is 1. The summed E-state index contributed by atoms with van der Waals surface area (Å²) in [6.45, 7) is 1.86. The van der Waals surface area contributed by atoms with Gasteiger partial charge in [0.05, 0.1) is 4.92 Å². The highest BCUT2D eigenvalue weighted by atomic mass is 79.9. The van der Waals surface area contributed by atoms with E-state index in [0.29, 0.717) is 5.56 Å². The predicted octanol–water partition coefficient (Wildman–Crippen LogP) is 3.05. The van der Waals surface area contributed by atoms with Gasteiger partial charge in [-0.1, -0.05) is 34.1 Å². The van der Waals surface area contributed by atoms with Crippen LogP contribution in [0.5, 0.6) is 0 Å². The predicted molar refractivity (Wildman–Crippen MR) is 50.4 cm³/mol. The Morgan fingerprint density at radius 2 is 2.08 bits per heavy atom. The molecule has 0 bridgehead atoms. The van der Waals surface area contributed by atoms with Gasteiger partial charge in [0.15, 0.2) is 0 Å². The molecule has 0 saturated heterocycles. The second-order valence-electron chi connectivity index (χ2n) is 2.43. The van der Waals surface area contributed by atoms with Crippen LogP contribution in [0.25, 0.3) is 0 Å². The Labute approximate surface area is 78.7 Å². The number of para-hydroxylation sites is 1. The summed E-state index contributed by atoms with van der Waals surface area (Å²) in [5.74, 6) is 0. The van der Waals surface area contributed by atoms with Crippen molar-refractivity contribution in [2.24, 2.45) is 0 Å². The second-order valence-corrected chi connectivity index (χ2v) is 3.81. The molecule has 0 aliphatic heterocycles. The zero-order chi connectivity index (χ0) is 9.14. The highest BCUT2D eigenvalue weighted by Crippen LogP contribution is 2.29. The summed E-state index contributed by atoms with van der Waals surface area (Å²) < 4.78 is 0. The van der Waals surface area contributed by atoms with Crippen LogP contribution < -0.4 is 0 Å². The van der Waals surface area contributed by atoms with Gasteiger partial charge in [-0.3, -0.25) is 10.1 Å². The van der Waals surface area contributed by atoms with Crippen molar-refractivity contribution in [2.45, 2.75) is 11.8 Å². The molecular formula is C8H8BrNO2. The monoisotopic (exact) mass is 229 g/mol. The van der Waals surface area contributed by atoms with Gasteiger partial charge in [0.1, 0.15) is 0 Å². The zero-order valence-corrected chi connectivity index (χ0v) is 8.11. The van der Waals surface area contributed by atoms with E-state index in [4.69, 9.17) is 0 Å². The van der Waals surface area contributed by atoms with E-state index in [0.717, 1.165) is 0 Å². The smallest absolute Gasteiger partial charge is 0.258 e. The molecule has 0 unspecified atom stereocenters. The first kappa shape index (κ1) is 9.19. The lowest BCUT2D eigenvalue weighted by molar-refractivity contribution is -0.385. The molecule has 0 aromatic heterocycles. The van der Waals surface area contributed by atoms with Crippen molar-refractivity contribution < 1.29 is 4.92 Å². The van der Waals surface area contributed by atoms with E-state index >= 15 is 0 Å². The van der Waals surface area contributed by atoms with E-state index < -0.39 is 0 Å². The average Bonchev–Trinajstić information content (AvgIpc) is 2.04. The number of alkyl halides is 1. The molecule has 0 spiro atoms. The van der Waals surface area contributed by atoms with E-state index in [1.54, 1.807) is 18.2 Å². The van der Waals surface area contributed by atoms with Crippen molar-refractivity contribution in [2.75, 3.05) is 0 Å². The Kier molecular flexibility index (Phi) is 2.81. The summed E-state index contributed by atoms with van der Waals surface area (Å²) in [5.41, 5.74) is 0.879. The summed E-state index contributed by atoms with van der Waals surface area (Å²) in [4.78, 5) is 10.2. The molecular weight excluding hydrogens is 222 g/mol. The quantitative estimate of drug-likeness (QED) is 0.445. The fourth-order valence-electron chi connectivity index (χ4n) is 0.990. The Morgan fingerprint density at radius 1 is 1.50 bits per heavy atom. The normalized spacial score (nSPS) is 12.5. The molecule has 0 heterocycles. The van der Waals surface area contributed by atoms with Crippen LogP contribution in [-0.2, 0) is 0 Å². The third-order valence-electron chi connectivity index (χ3n) is 1.56. The van der Waals surface area contributed by atoms with E-state index in [1.165, 1.54) is 6.07 Å².